The van der Waals surface area contributed by atoms with Crippen LogP contribution in [-0.4, -0.2) is 55.8 Å². The van der Waals surface area contributed by atoms with Gasteiger partial charge >= 0.3 is 11.9 Å². The summed E-state index contributed by atoms with van der Waals surface area (Å²) in [6.45, 7) is 14.0. The summed E-state index contributed by atoms with van der Waals surface area (Å²) in [5.74, 6) is -2.03. The topological polar surface area (TPSA) is 150 Å². The van der Waals surface area contributed by atoms with E-state index in [-0.39, 0.29) is 54.2 Å². The molecule has 0 saturated carbocycles. The summed E-state index contributed by atoms with van der Waals surface area (Å²) in [7, 11) is 1.31. The minimum atomic E-state index is -1.08. The Kier molecular flexibility index (Phi) is 9.17. The molecule has 5 atom stereocenters. The third-order valence-corrected chi connectivity index (χ3v) is 10.7. The third kappa shape index (κ3) is 5.70. The molecule has 3 aliphatic rings. The Bertz CT molecular complexity index is 2170. The maximum atomic E-state index is 13.4. The van der Waals surface area contributed by atoms with E-state index in [0.29, 0.717) is 28.4 Å². The van der Waals surface area contributed by atoms with Crippen molar-refractivity contribution in [3.63, 3.8) is 0 Å². The van der Waals surface area contributed by atoms with E-state index >= 15 is 0 Å². The number of ether oxygens (including phenoxy) is 2. The number of hydrogen-bond acceptors (Lipinski definition) is 8. The number of aliphatic hydroxyl groups excluding tert-OH is 2. The van der Waals surface area contributed by atoms with E-state index in [4.69, 9.17) is 19.4 Å². The minimum absolute atomic E-state index is 0.0820. The first-order valence-corrected chi connectivity index (χ1v) is 17.1. The number of aryl methyl sites for hydroxylation is 2. The second kappa shape index (κ2) is 13.2. The summed E-state index contributed by atoms with van der Waals surface area (Å²) >= 11 is 0. The van der Waals surface area contributed by atoms with Gasteiger partial charge in [0.05, 0.1) is 29.6 Å². The maximum Gasteiger partial charge on any atom is 0.321 e. The monoisotopic (exact) mass is 666 g/mol. The number of carbonyl (C=O) groups excluding carboxylic acids is 2. The maximum absolute atomic E-state index is 13.4. The van der Waals surface area contributed by atoms with Crippen molar-refractivity contribution in [2.45, 2.75) is 97.3 Å². The van der Waals surface area contributed by atoms with Gasteiger partial charge in [0, 0.05) is 74.2 Å². The number of aliphatic hydroxyl groups is 2. The van der Waals surface area contributed by atoms with Crippen molar-refractivity contribution in [1.29, 1.82) is 0 Å². The van der Waals surface area contributed by atoms with E-state index < -0.39 is 11.9 Å². The third-order valence-electron chi connectivity index (χ3n) is 10.7. The molecule has 8 bridgehead atoms. The van der Waals surface area contributed by atoms with Crippen LogP contribution in [0.3, 0.4) is 0 Å². The van der Waals surface area contributed by atoms with Gasteiger partial charge in [-0.25, -0.2) is 0 Å². The highest BCUT2D eigenvalue weighted by atomic mass is 16.5. The average molecular weight is 667 g/mol. The Morgan fingerprint density at radius 2 is 1.61 bits per heavy atom. The number of carbonyl (C=O) groups is 2. The molecular formula is C39H46N4O6. The fourth-order valence-corrected chi connectivity index (χ4v) is 7.95. The zero-order chi connectivity index (χ0) is 35.3. The molecule has 1 aliphatic carbocycles. The minimum Gasteiger partial charge on any atom is -0.512 e. The summed E-state index contributed by atoms with van der Waals surface area (Å²) in [6, 6.07) is 6.06. The van der Waals surface area contributed by atoms with Crippen molar-refractivity contribution in [2.75, 3.05) is 13.7 Å². The van der Waals surface area contributed by atoms with Gasteiger partial charge in [-0.05, 0) is 69.9 Å². The number of nitrogens with zero attached hydrogens (tertiary/aromatic N) is 2. The molecule has 2 aliphatic heterocycles. The SMILES string of the molecule is C/C=C\COC(=O)CC[C@@H]1c2nc(cc3[nH]c(cc4nc(cc5[nH]c6c2[C@@H](C(=O)OC)C(O)=c6c5C)[C@H](CC)[C@H]4C)c(=C(C)O)c3C)[C@H]1C. The van der Waals surface area contributed by atoms with Gasteiger partial charge < -0.3 is 29.7 Å². The van der Waals surface area contributed by atoms with Crippen LogP contribution in [0.15, 0.2) is 30.4 Å². The van der Waals surface area contributed by atoms with Crippen molar-refractivity contribution >= 4 is 45.5 Å². The van der Waals surface area contributed by atoms with E-state index in [1.54, 1.807) is 13.0 Å². The number of esters is 2. The second-order valence-corrected chi connectivity index (χ2v) is 13.5. The summed E-state index contributed by atoms with van der Waals surface area (Å²) in [5, 5.41) is 23.9. The van der Waals surface area contributed by atoms with Gasteiger partial charge in [0.15, 0.2) is 0 Å². The molecule has 3 aromatic heterocycles. The van der Waals surface area contributed by atoms with E-state index in [9.17, 15) is 19.8 Å². The number of nitrogens with one attached hydrogen (secondary N) is 2. The molecule has 6 rings (SSSR count). The van der Waals surface area contributed by atoms with Gasteiger partial charge in [0.1, 0.15) is 18.3 Å². The van der Waals surface area contributed by atoms with Crippen molar-refractivity contribution in [3.8, 4) is 0 Å². The van der Waals surface area contributed by atoms with Gasteiger partial charge in [-0.3, -0.25) is 19.6 Å². The molecule has 0 radical (unpaired) electrons. The van der Waals surface area contributed by atoms with Gasteiger partial charge in [0.2, 0.25) is 0 Å². The molecule has 0 fully saturated rings. The lowest BCUT2D eigenvalue weighted by Crippen LogP contribution is -2.18. The lowest BCUT2D eigenvalue weighted by Gasteiger charge is -2.19. The number of hydrogen-bond donors (Lipinski definition) is 4. The molecule has 10 heteroatoms. The smallest absolute Gasteiger partial charge is 0.321 e. The number of aromatic amines is 2. The zero-order valence-electron chi connectivity index (χ0n) is 29.5. The van der Waals surface area contributed by atoms with Crippen LogP contribution in [0.25, 0.3) is 33.6 Å². The number of fused-ring (bicyclic) bond motifs is 8. The van der Waals surface area contributed by atoms with Crippen LogP contribution in [-0.2, 0) is 19.1 Å². The molecule has 0 unspecified atom stereocenters. The predicted molar refractivity (Wildman–Crippen MR) is 190 cm³/mol. The van der Waals surface area contributed by atoms with E-state index in [0.717, 1.165) is 56.4 Å². The number of H-pyrrole nitrogens is 2. The Morgan fingerprint density at radius 3 is 2.29 bits per heavy atom. The molecule has 0 aromatic carbocycles. The highest BCUT2D eigenvalue weighted by Gasteiger charge is 2.41. The van der Waals surface area contributed by atoms with Crippen LogP contribution in [0.4, 0.5) is 0 Å². The van der Waals surface area contributed by atoms with E-state index in [2.05, 4.69) is 30.7 Å². The van der Waals surface area contributed by atoms with Gasteiger partial charge in [-0.1, -0.05) is 32.9 Å². The van der Waals surface area contributed by atoms with Crippen LogP contribution < -0.4 is 10.4 Å². The van der Waals surface area contributed by atoms with Gasteiger partial charge in [0.25, 0.3) is 0 Å². The number of aromatic nitrogens is 4. The Balaban J connectivity index is 1.73. The lowest BCUT2D eigenvalue weighted by molar-refractivity contribution is -0.143. The van der Waals surface area contributed by atoms with Crippen molar-refractivity contribution in [2.24, 2.45) is 0 Å². The largest absolute Gasteiger partial charge is 0.512 e. The van der Waals surface area contributed by atoms with Crippen LogP contribution >= 0.6 is 0 Å². The quantitative estimate of drug-likeness (QED) is 0.162. The molecule has 258 valence electrons. The lowest BCUT2D eigenvalue weighted by atomic mass is 9.84. The van der Waals surface area contributed by atoms with Crippen LogP contribution in [0.5, 0.6) is 0 Å². The Morgan fingerprint density at radius 1 is 0.959 bits per heavy atom. The van der Waals surface area contributed by atoms with Crippen LogP contribution in [0.2, 0.25) is 0 Å². The van der Waals surface area contributed by atoms with Crippen molar-refractivity contribution in [3.05, 3.63) is 80.3 Å². The molecule has 3 aromatic rings. The number of rotatable bonds is 7. The Labute approximate surface area is 285 Å². The van der Waals surface area contributed by atoms with Crippen molar-refractivity contribution < 1.29 is 29.3 Å². The van der Waals surface area contributed by atoms with Gasteiger partial charge in [-0.15, -0.1) is 0 Å². The highest BCUT2D eigenvalue weighted by Crippen LogP contribution is 2.46. The first-order chi connectivity index (χ1) is 23.4. The molecule has 0 saturated heterocycles. The van der Waals surface area contributed by atoms with Crippen molar-refractivity contribution in [1.82, 2.24) is 19.9 Å². The van der Waals surface area contributed by atoms with E-state index in [1.165, 1.54) is 7.11 Å². The molecule has 49 heavy (non-hydrogen) atoms. The Hall–Kier alpha value is -4.86. The van der Waals surface area contributed by atoms with Gasteiger partial charge in [-0.2, -0.15) is 0 Å². The summed E-state index contributed by atoms with van der Waals surface area (Å²) in [5.41, 5.74) is 8.40. The van der Waals surface area contributed by atoms with E-state index in [1.807, 2.05) is 45.0 Å². The molecule has 4 N–H and O–H groups in total. The molecular weight excluding hydrogens is 620 g/mol. The average Bonchev–Trinajstić information content (AvgIpc) is 3.80. The van der Waals surface area contributed by atoms with Crippen LogP contribution in [0.1, 0.15) is 123 Å². The molecule has 0 spiro atoms. The first kappa shape index (κ1) is 34.0. The fourth-order valence-electron chi connectivity index (χ4n) is 7.95. The molecule has 5 heterocycles. The summed E-state index contributed by atoms with van der Waals surface area (Å²) in [6.07, 6.45) is 5.05. The molecule has 0 amide bonds. The standard InChI is InChI=1S/C39H46N4O6/c1-9-11-14-49-31(45)13-12-24-19(4)26-15-27-20(5)32(22(7)44)30(41-27)17-25-18(3)23(10-2)29(40-25)16-28-21(6)33-37(43-28)34(36(24)42-26)35(38(33)46)39(47)48-8/h9,11,15-19,23-24,35,41,43-44,46H,10,12-14H2,1-8H3/b11-9-,26-15?,29-16?,30-17?,32-22?/t18-,19+,23-,24+,35-/m1/s1. The van der Waals surface area contributed by atoms with Crippen LogP contribution in [0, 0.1) is 13.8 Å². The normalized spacial score (nSPS) is 22.1. The highest BCUT2D eigenvalue weighted by molar-refractivity contribution is 5.96. The summed E-state index contributed by atoms with van der Waals surface area (Å²) in [4.78, 5) is 43.6. The number of methoxy groups -OCH3 is 1. The second-order valence-electron chi connectivity index (χ2n) is 13.5. The fraction of sp³-hybridized carbons (Fsp3) is 0.436. The zero-order valence-corrected chi connectivity index (χ0v) is 29.5. The predicted octanol–water partition coefficient (Wildman–Crippen LogP) is 6.64. The first-order valence-electron chi connectivity index (χ1n) is 17.1. The summed E-state index contributed by atoms with van der Waals surface area (Å²) < 4.78 is 10.7. The number of allylic oxidation sites excluding steroid dienone is 1. The molecule has 10 nitrogen and oxygen atoms in total.